The van der Waals surface area contributed by atoms with Gasteiger partial charge in [-0.15, -0.1) is 5.10 Å². The van der Waals surface area contributed by atoms with E-state index < -0.39 is 11.6 Å². The van der Waals surface area contributed by atoms with E-state index in [0.29, 0.717) is 11.5 Å². The van der Waals surface area contributed by atoms with E-state index in [1.807, 2.05) is 0 Å². The SMILES string of the molecule is Fc1ccc(Nc2nncc(NCCC3=CCCCC3)n2)cc1F. The highest BCUT2D eigenvalue weighted by molar-refractivity contribution is 5.54. The summed E-state index contributed by atoms with van der Waals surface area (Å²) in [5.41, 5.74) is 1.84. The van der Waals surface area contributed by atoms with Crippen LogP contribution in [-0.2, 0) is 0 Å². The van der Waals surface area contributed by atoms with E-state index >= 15 is 0 Å². The number of halogens is 2. The molecule has 2 N–H and O–H groups in total. The molecule has 1 aromatic carbocycles. The van der Waals surface area contributed by atoms with Crippen LogP contribution < -0.4 is 10.6 Å². The largest absolute Gasteiger partial charge is 0.368 e. The lowest BCUT2D eigenvalue weighted by molar-refractivity contribution is 0.509. The average molecular weight is 331 g/mol. The Morgan fingerprint density at radius 3 is 2.83 bits per heavy atom. The molecule has 0 atom stereocenters. The molecule has 0 fully saturated rings. The van der Waals surface area contributed by atoms with Crippen molar-refractivity contribution in [2.45, 2.75) is 32.1 Å². The first-order chi connectivity index (χ1) is 11.7. The minimum absolute atomic E-state index is 0.225. The predicted octanol–water partition coefficient (Wildman–Crippen LogP) is 4.20. The minimum Gasteiger partial charge on any atom is -0.368 e. The summed E-state index contributed by atoms with van der Waals surface area (Å²) in [5, 5.41) is 13.7. The monoisotopic (exact) mass is 331 g/mol. The number of nitrogens with zero attached hydrogens (tertiary/aromatic N) is 3. The van der Waals surface area contributed by atoms with Crippen LogP contribution in [0, 0.1) is 11.6 Å². The van der Waals surface area contributed by atoms with Crippen LogP contribution >= 0.6 is 0 Å². The number of nitrogens with one attached hydrogen (secondary N) is 2. The zero-order valence-electron chi connectivity index (χ0n) is 13.2. The number of benzene rings is 1. The van der Waals surface area contributed by atoms with Gasteiger partial charge in [-0.1, -0.05) is 11.6 Å². The predicted molar refractivity (Wildman–Crippen MR) is 89.1 cm³/mol. The maximum atomic E-state index is 13.2. The van der Waals surface area contributed by atoms with Gasteiger partial charge in [0.15, 0.2) is 17.5 Å². The summed E-state index contributed by atoms with van der Waals surface area (Å²) in [6, 6.07) is 3.51. The van der Waals surface area contributed by atoms with Gasteiger partial charge in [0, 0.05) is 18.3 Å². The van der Waals surface area contributed by atoms with Crippen molar-refractivity contribution >= 4 is 17.5 Å². The van der Waals surface area contributed by atoms with Crippen molar-refractivity contribution in [3.63, 3.8) is 0 Å². The number of anilines is 3. The maximum Gasteiger partial charge on any atom is 0.249 e. The lowest BCUT2D eigenvalue weighted by atomic mass is 9.97. The van der Waals surface area contributed by atoms with Crippen LogP contribution in [0.3, 0.4) is 0 Å². The van der Waals surface area contributed by atoms with Crippen LogP contribution in [0.4, 0.5) is 26.2 Å². The zero-order valence-corrected chi connectivity index (χ0v) is 13.2. The molecular weight excluding hydrogens is 312 g/mol. The first-order valence-electron chi connectivity index (χ1n) is 8.04. The third-order valence-electron chi connectivity index (χ3n) is 3.87. The van der Waals surface area contributed by atoms with Crippen molar-refractivity contribution in [1.29, 1.82) is 0 Å². The maximum absolute atomic E-state index is 13.2. The number of aromatic nitrogens is 3. The molecule has 1 aliphatic carbocycles. The summed E-state index contributed by atoms with van der Waals surface area (Å²) in [6.45, 7) is 0.773. The molecule has 5 nitrogen and oxygen atoms in total. The molecule has 2 aromatic rings. The van der Waals surface area contributed by atoms with Crippen molar-refractivity contribution < 1.29 is 8.78 Å². The van der Waals surface area contributed by atoms with Gasteiger partial charge in [-0.2, -0.15) is 10.1 Å². The van der Waals surface area contributed by atoms with Crippen molar-refractivity contribution in [3.05, 3.63) is 47.7 Å². The molecule has 1 heterocycles. The normalized spacial score (nSPS) is 14.2. The molecule has 0 unspecified atom stereocenters. The molecule has 0 aliphatic heterocycles. The molecule has 1 aromatic heterocycles. The van der Waals surface area contributed by atoms with E-state index in [9.17, 15) is 8.78 Å². The first-order valence-corrected chi connectivity index (χ1v) is 8.04. The molecule has 0 amide bonds. The molecule has 1 aliphatic rings. The molecule has 126 valence electrons. The van der Waals surface area contributed by atoms with Crippen LogP contribution in [0.2, 0.25) is 0 Å². The highest BCUT2D eigenvalue weighted by atomic mass is 19.2. The van der Waals surface area contributed by atoms with E-state index in [1.54, 1.807) is 0 Å². The number of allylic oxidation sites excluding steroid dienone is 1. The molecule has 0 saturated heterocycles. The van der Waals surface area contributed by atoms with E-state index in [1.165, 1.54) is 43.5 Å². The second kappa shape index (κ2) is 7.81. The quantitative estimate of drug-likeness (QED) is 0.777. The Bertz CT molecular complexity index is 733. The zero-order chi connectivity index (χ0) is 16.8. The second-order valence-electron chi connectivity index (χ2n) is 5.70. The van der Waals surface area contributed by atoms with Crippen LogP contribution in [-0.4, -0.2) is 21.7 Å². The van der Waals surface area contributed by atoms with Crippen LogP contribution in [0.25, 0.3) is 0 Å². The lowest BCUT2D eigenvalue weighted by Crippen LogP contribution is -2.08. The average Bonchev–Trinajstić information content (AvgIpc) is 2.60. The molecule has 24 heavy (non-hydrogen) atoms. The summed E-state index contributed by atoms with van der Waals surface area (Å²) in [5.74, 6) is -1.01. The Kier molecular flexibility index (Phi) is 5.30. The lowest BCUT2D eigenvalue weighted by Gasteiger charge is -2.13. The number of rotatable bonds is 6. The summed E-state index contributed by atoms with van der Waals surface area (Å²) in [4.78, 5) is 4.27. The van der Waals surface area contributed by atoms with E-state index in [0.717, 1.165) is 25.1 Å². The topological polar surface area (TPSA) is 62.7 Å². The van der Waals surface area contributed by atoms with Gasteiger partial charge < -0.3 is 10.6 Å². The molecule has 0 saturated carbocycles. The summed E-state index contributed by atoms with van der Waals surface area (Å²) in [6.07, 6.45) is 9.73. The first kappa shape index (κ1) is 16.3. The summed E-state index contributed by atoms with van der Waals surface area (Å²) in [7, 11) is 0. The Labute approximate surface area is 139 Å². The standard InChI is InChI=1S/C17H19F2N5/c18-14-7-6-13(10-15(14)19)22-17-23-16(11-21-24-17)20-9-8-12-4-2-1-3-5-12/h4,6-7,10-11H,1-3,5,8-9H2,(H2,20,22,23,24). The Morgan fingerprint density at radius 2 is 2.04 bits per heavy atom. The molecule has 0 radical (unpaired) electrons. The van der Waals surface area contributed by atoms with Gasteiger partial charge in [0.25, 0.3) is 0 Å². The Hall–Kier alpha value is -2.57. The highest BCUT2D eigenvalue weighted by Crippen LogP contribution is 2.20. The van der Waals surface area contributed by atoms with Gasteiger partial charge in [-0.05, 0) is 44.2 Å². The van der Waals surface area contributed by atoms with Crippen molar-refractivity contribution in [1.82, 2.24) is 15.2 Å². The van der Waals surface area contributed by atoms with Crippen molar-refractivity contribution in [2.75, 3.05) is 17.2 Å². The molecule has 0 bridgehead atoms. The molecular formula is C17H19F2N5. The molecule has 0 spiro atoms. The van der Waals surface area contributed by atoms with E-state index in [2.05, 4.69) is 31.9 Å². The second-order valence-corrected chi connectivity index (χ2v) is 5.70. The van der Waals surface area contributed by atoms with Gasteiger partial charge >= 0.3 is 0 Å². The Balaban J connectivity index is 1.57. The molecule has 3 rings (SSSR count). The number of hydrogen-bond donors (Lipinski definition) is 2. The van der Waals surface area contributed by atoms with Gasteiger partial charge in [0.05, 0.1) is 6.20 Å². The number of hydrogen-bond acceptors (Lipinski definition) is 5. The molecule has 7 heteroatoms. The fraction of sp³-hybridized carbons (Fsp3) is 0.353. The third-order valence-corrected chi connectivity index (χ3v) is 3.87. The van der Waals surface area contributed by atoms with E-state index in [4.69, 9.17) is 0 Å². The van der Waals surface area contributed by atoms with Crippen LogP contribution in [0.5, 0.6) is 0 Å². The van der Waals surface area contributed by atoms with Crippen LogP contribution in [0.1, 0.15) is 32.1 Å². The van der Waals surface area contributed by atoms with Gasteiger partial charge in [0.2, 0.25) is 5.95 Å². The minimum atomic E-state index is -0.928. The Morgan fingerprint density at radius 1 is 1.12 bits per heavy atom. The summed E-state index contributed by atoms with van der Waals surface area (Å²) >= 11 is 0. The smallest absolute Gasteiger partial charge is 0.249 e. The van der Waals surface area contributed by atoms with Gasteiger partial charge in [0.1, 0.15) is 0 Å². The fourth-order valence-corrected chi connectivity index (χ4v) is 2.63. The highest BCUT2D eigenvalue weighted by Gasteiger charge is 2.06. The summed E-state index contributed by atoms with van der Waals surface area (Å²) < 4.78 is 26.1. The van der Waals surface area contributed by atoms with E-state index in [-0.39, 0.29) is 5.95 Å². The van der Waals surface area contributed by atoms with Crippen molar-refractivity contribution in [2.24, 2.45) is 0 Å². The van der Waals surface area contributed by atoms with Gasteiger partial charge in [-0.25, -0.2) is 8.78 Å². The van der Waals surface area contributed by atoms with Crippen molar-refractivity contribution in [3.8, 4) is 0 Å². The third kappa shape index (κ3) is 4.47. The fourth-order valence-electron chi connectivity index (χ4n) is 2.63. The van der Waals surface area contributed by atoms with Crippen LogP contribution in [0.15, 0.2) is 36.0 Å². The van der Waals surface area contributed by atoms with Gasteiger partial charge in [-0.3, -0.25) is 0 Å².